The Morgan fingerprint density at radius 3 is 2.07 bits per heavy atom. The molecular formula is C13H24N2. The number of hydrogen-bond acceptors (Lipinski definition) is 2. The zero-order valence-corrected chi connectivity index (χ0v) is 9.70. The molecule has 2 unspecified atom stereocenters. The topological polar surface area (TPSA) is 29.3 Å². The van der Waals surface area contributed by atoms with Crippen molar-refractivity contribution in [3.8, 4) is 0 Å². The van der Waals surface area contributed by atoms with E-state index in [1.165, 1.54) is 51.6 Å². The van der Waals surface area contributed by atoms with Crippen molar-refractivity contribution in [2.24, 2.45) is 23.5 Å². The first-order valence-electron chi connectivity index (χ1n) is 6.84. The van der Waals surface area contributed by atoms with Gasteiger partial charge in [-0.1, -0.05) is 25.7 Å². The molecule has 2 heteroatoms. The largest absolute Gasteiger partial charge is 0.330 e. The van der Waals surface area contributed by atoms with E-state index in [4.69, 9.17) is 5.73 Å². The molecule has 3 aliphatic rings. The van der Waals surface area contributed by atoms with Crippen LogP contribution in [-0.2, 0) is 0 Å². The molecule has 3 fully saturated rings. The fourth-order valence-corrected chi connectivity index (χ4v) is 3.95. The maximum Gasteiger partial charge on any atom is 0.00954 e. The lowest BCUT2D eigenvalue weighted by atomic mass is 10.1. The van der Waals surface area contributed by atoms with Crippen LogP contribution in [0.5, 0.6) is 0 Å². The quantitative estimate of drug-likeness (QED) is 0.702. The van der Waals surface area contributed by atoms with Crippen molar-refractivity contribution in [2.75, 3.05) is 19.6 Å². The summed E-state index contributed by atoms with van der Waals surface area (Å²) in [4.78, 5) is 2.78. The van der Waals surface area contributed by atoms with Crippen LogP contribution in [0, 0.1) is 17.8 Å². The monoisotopic (exact) mass is 208 g/mol. The average Bonchev–Trinajstić information content (AvgIpc) is 2.87. The zero-order chi connectivity index (χ0) is 10.3. The van der Waals surface area contributed by atoms with Crippen LogP contribution in [0.25, 0.3) is 0 Å². The van der Waals surface area contributed by atoms with Crippen molar-refractivity contribution in [1.82, 2.24) is 4.90 Å². The highest BCUT2D eigenvalue weighted by molar-refractivity contribution is 5.06. The predicted molar refractivity (Wildman–Crippen MR) is 62.6 cm³/mol. The maximum absolute atomic E-state index is 5.75. The number of rotatable bonds is 2. The highest BCUT2D eigenvalue weighted by atomic mass is 15.2. The molecule has 0 aromatic carbocycles. The smallest absolute Gasteiger partial charge is 0.00954 e. The summed E-state index contributed by atoms with van der Waals surface area (Å²) in [6, 6.07) is 0.929. The second-order valence-electron chi connectivity index (χ2n) is 5.83. The first-order chi connectivity index (χ1) is 7.40. The number of likely N-dealkylation sites (tertiary alicyclic amines) is 1. The van der Waals surface area contributed by atoms with E-state index in [0.717, 1.165) is 30.3 Å². The average molecular weight is 208 g/mol. The Kier molecular flexibility index (Phi) is 2.73. The van der Waals surface area contributed by atoms with Gasteiger partial charge in [-0.15, -0.1) is 0 Å². The lowest BCUT2D eigenvalue weighted by molar-refractivity contribution is 0.190. The van der Waals surface area contributed by atoms with Crippen LogP contribution in [0.3, 0.4) is 0 Å². The van der Waals surface area contributed by atoms with Crippen LogP contribution in [0.1, 0.15) is 38.5 Å². The Labute approximate surface area is 93.2 Å². The van der Waals surface area contributed by atoms with Gasteiger partial charge in [0.15, 0.2) is 0 Å². The van der Waals surface area contributed by atoms with Crippen LogP contribution >= 0.6 is 0 Å². The number of hydrogen-bond donors (Lipinski definition) is 1. The maximum atomic E-state index is 5.75. The molecule has 0 radical (unpaired) electrons. The van der Waals surface area contributed by atoms with E-state index in [1.807, 2.05) is 0 Å². The van der Waals surface area contributed by atoms with Gasteiger partial charge in [0.25, 0.3) is 0 Å². The zero-order valence-electron chi connectivity index (χ0n) is 9.70. The summed E-state index contributed by atoms with van der Waals surface area (Å²) in [6.45, 7) is 3.68. The minimum absolute atomic E-state index is 0.895. The van der Waals surface area contributed by atoms with E-state index in [0.29, 0.717) is 0 Å². The minimum atomic E-state index is 0.895. The molecule has 1 aliphatic heterocycles. The van der Waals surface area contributed by atoms with E-state index >= 15 is 0 Å². The van der Waals surface area contributed by atoms with Gasteiger partial charge in [0.05, 0.1) is 0 Å². The third-order valence-corrected chi connectivity index (χ3v) is 5.01. The lowest BCUT2D eigenvalue weighted by Gasteiger charge is -2.28. The summed E-state index contributed by atoms with van der Waals surface area (Å²) in [5.41, 5.74) is 5.75. The van der Waals surface area contributed by atoms with E-state index in [2.05, 4.69) is 4.90 Å². The number of nitrogens with zero attached hydrogens (tertiary/aromatic N) is 1. The Bertz CT molecular complexity index is 209. The van der Waals surface area contributed by atoms with Crippen LogP contribution < -0.4 is 5.73 Å². The Balaban J connectivity index is 1.52. The molecular weight excluding hydrogens is 184 g/mol. The van der Waals surface area contributed by atoms with Gasteiger partial charge in [-0.3, -0.25) is 4.90 Å². The Hall–Kier alpha value is -0.0800. The van der Waals surface area contributed by atoms with Crippen molar-refractivity contribution in [3.05, 3.63) is 0 Å². The van der Waals surface area contributed by atoms with Gasteiger partial charge in [-0.05, 0) is 37.1 Å². The first-order valence-corrected chi connectivity index (χ1v) is 6.84. The fraction of sp³-hybridized carbons (Fsp3) is 1.00. The SMILES string of the molecule is NCC1C2CN(C3CCCCCC3)CC12. The molecule has 0 aromatic heterocycles. The van der Waals surface area contributed by atoms with Crippen molar-refractivity contribution >= 4 is 0 Å². The summed E-state index contributed by atoms with van der Waals surface area (Å²) in [5, 5.41) is 0. The normalized spacial score (nSPS) is 42.6. The second kappa shape index (κ2) is 4.06. The molecule has 2 atom stereocenters. The van der Waals surface area contributed by atoms with Gasteiger partial charge in [-0.25, -0.2) is 0 Å². The molecule has 0 bridgehead atoms. The van der Waals surface area contributed by atoms with Crippen LogP contribution in [0.2, 0.25) is 0 Å². The number of fused-ring (bicyclic) bond motifs is 1. The molecule has 86 valence electrons. The molecule has 2 N–H and O–H groups in total. The third kappa shape index (κ3) is 1.83. The number of piperidine rings is 1. The minimum Gasteiger partial charge on any atom is -0.330 e. The lowest BCUT2D eigenvalue weighted by Crippen LogP contribution is -2.36. The highest BCUT2D eigenvalue weighted by Gasteiger charge is 2.55. The standard InChI is InChI=1S/C13H24N2/c14-7-11-12-8-15(9-13(11)12)10-5-3-1-2-4-6-10/h10-13H,1-9,14H2. The summed E-state index contributed by atoms with van der Waals surface area (Å²) in [5.74, 6) is 2.86. The summed E-state index contributed by atoms with van der Waals surface area (Å²) >= 11 is 0. The predicted octanol–water partition coefficient (Wildman–Crippen LogP) is 1.85. The summed E-state index contributed by atoms with van der Waals surface area (Å²) in [7, 11) is 0. The molecule has 2 nitrogen and oxygen atoms in total. The second-order valence-corrected chi connectivity index (χ2v) is 5.83. The van der Waals surface area contributed by atoms with Gasteiger partial charge >= 0.3 is 0 Å². The molecule has 0 spiro atoms. The van der Waals surface area contributed by atoms with Crippen LogP contribution in [0.15, 0.2) is 0 Å². The van der Waals surface area contributed by atoms with Gasteiger partial charge in [-0.2, -0.15) is 0 Å². The molecule has 15 heavy (non-hydrogen) atoms. The summed E-state index contributed by atoms with van der Waals surface area (Å²) < 4.78 is 0. The Morgan fingerprint density at radius 2 is 1.53 bits per heavy atom. The molecule has 1 heterocycles. The van der Waals surface area contributed by atoms with Crippen molar-refractivity contribution in [1.29, 1.82) is 0 Å². The van der Waals surface area contributed by atoms with Crippen molar-refractivity contribution in [3.63, 3.8) is 0 Å². The fourth-order valence-electron chi connectivity index (χ4n) is 3.95. The van der Waals surface area contributed by atoms with E-state index < -0.39 is 0 Å². The van der Waals surface area contributed by atoms with Gasteiger partial charge in [0.2, 0.25) is 0 Å². The summed E-state index contributed by atoms with van der Waals surface area (Å²) in [6.07, 6.45) is 8.82. The van der Waals surface area contributed by atoms with Gasteiger partial charge in [0, 0.05) is 19.1 Å². The van der Waals surface area contributed by atoms with Crippen LogP contribution in [-0.4, -0.2) is 30.6 Å². The van der Waals surface area contributed by atoms with E-state index in [-0.39, 0.29) is 0 Å². The molecule has 2 saturated carbocycles. The first kappa shape index (κ1) is 10.1. The third-order valence-electron chi connectivity index (χ3n) is 5.01. The molecule has 1 saturated heterocycles. The highest BCUT2D eigenvalue weighted by Crippen LogP contribution is 2.51. The molecule has 0 aromatic rings. The van der Waals surface area contributed by atoms with E-state index in [9.17, 15) is 0 Å². The molecule has 3 rings (SSSR count). The van der Waals surface area contributed by atoms with Crippen molar-refractivity contribution < 1.29 is 0 Å². The number of nitrogens with two attached hydrogens (primary N) is 1. The Morgan fingerprint density at radius 1 is 0.933 bits per heavy atom. The van der Waals surface area contributed by atoms with Gasteiger partial charge in [0.1, 0.15) is 0 Å². The van der Waals surface area contributed by atoms with Gasteiger partial charge < -0.3 is 5.73 Å². The van der Waals surface area contributed by atoms with Crippen molar-refractivity contribution in [2.45, 2.75) is 44.6 Å². The molecule has 2 aliphatic carbocycles. The van der Waals surface area contributed by atoms with E-state index in [1.54, 1.807) is 0 Å². The van der Waals surface area contributed by atoms with Crippen LogP contribution in [0.4, 0.5) is 0 Å². The molecule has 0 amide bonds.